The molecular formula is C3H6N2OS. The Morgan fingerprint density at radius 1 is 2.00 bits per heavy atom. The molecule has 0 aromatic heterocycles. The monoisotopic (exact) mass is 118 g/mol. The fourth-order valence-electron chi connectivity index (χ4n) is 0.0924. The number of aliphatic hydroxyl groups is 1. The SMILES string of the molecule is CC(N)(O)SC#N. The molecule has 0 spiro atoms. The van der Waals surface area contributed by atoms with E-state index < -0.39 is 5.06 Å². The maximum atomic E-state index is 8.54. The minimum atomic E-state index is -1.39. The van der Waals surface area contributed by atoms with Crippen LogP contribution in [0.3, 0.4) is 0 Å². The van der Waals surface area contributed by atoms with Gasteiger partial charge in [0, 0.05) is 11.8 Å². The summed E-state index contributed by atoms with van der Waals surface area (Å²) in [5.74, 6) is 0. The molecule has 0 aliphatic carbocycles. The molecule has 0 heterocycles. The normalized spacial score (nSPS) is 17.4. The molecule has 4 heteroatoms. The smallest absolute Gasteiger partial charge is 0.172 e. The minimum Gasteiger partial charge on any atom is -0.366 e. The van der Waals surface area contributed by atoms with Crippen LogP contribution in [0.4, 0.5) is 0 Å². The molecule has 0 aromatic carbocycles. The Balaban J connectivity index is 3.40. The summed E-state index contributed by atoms with van der Waals surface area (Å²) in [6, 6.07) is 0. The van der Waals surface area contributed by atoms with Gasteiger partial charge < -0.3 is 5.11 Å². The summed E-state index contributed by atoms with van der Waals surface area (Å²) in [5, 5.41) is 16.7. The van der Waals surface area contributed by atoms with Crippen LogP contribution in [0.1, 0.15) is 6.92 Å². The molecule has 0 aliphatic heterocycles. The Kier molecular flexibility index (Phi) is 2.09. The molecule has 0 bridgehead atoms. The molecule has 0 fully saturated rings. The van der Waals surface area contributed by atoms with Gasteiger partial charge in [-0.15, -0.1) is 0 Å². The van der Waals surface area contributed by atoms with Gasteiger partial charge in [-0.3, -0.25) is 5.73 Å². The zero-order valence-electron chi connectivity index (χ0n) is 3.88. The Labute approximate surface area is 46.1 Å². The van der Waals surface area contributed by atoms with Crippen LogP contribution in [-0.2, 0) is 0 Å². The van der Waals surface area contributed by atoms with E-state index in [2.05, 4.69) is 0 Å². The maximum absolute atomic E-state index is 8.54. The first-order chi connectivity index (χ1) is 3.06. The molecule has 0 saturated heterocycles. The number of hydrogen-bond acceptors (Lipinski definition) is 4. The van der Waals surface area contributed by atoms with Gasteiger partial charge in [-0.2, -0.15) is 5.26 Å². The molecule has 0 rings (SSSR count). The molecule has 7 heavy (non-hydrogen) atoms. The molecule has 0 saturated carbocycles. The van der Waals surface area contributed by atoms with Gasteiger partial charge in [0.2, 0.25) is 0 Å². The van der Waals surface area contributed by atoms with Gasteiger partial charge in [0.05, 0.1) is 0 Å². The Bertz CT molecular complexity index is 90.1. The minimum absolute atomic E-state index is 0.627. The number of thioether (sulfide) groups is 1. The Hall–Kier alpha value is -0.240. The van der Waals surface area contributed by atoms with Crippen LogP contribution >= 0.6 is 11.8 Å². The zero-order chi connectivity index (χ0) is 5.91. The molecule has 0 aliphatic rings. The highest BCUT2D eigenvalue weighted by Crippen LogP contribution is 2.11. The van der Waals surface area contributed by atoms with Crippen LogP contribution in [0.15, 0.2) is 0 Å². The summed E-state index contributed by atoms with van der Waals surface area (Å²) >= 11 is 0.627. The van der Waals surface area contributed by atoms with Crippen LogP contribution in [0.5, 0.6) is 0 Å². The third-order valence-electron chi connectivity index (χ3n) is 0.252. The van der Waals surface area contributed by atoms with Gasteiger partial charge >= 0.3 is 0 Å². The molecule has 1 atom stereocenters. The van der Waals surface area contributed by atoms with Crippen molar-refractivity contribution in [2.24, 2.45) is 5.73 Å². The van der Waals surface area contributed by atoms with Crippen molar-refractivity contribution in [3.8, 4) is 5.40 Å². The van der Waals surface area contributed by atoms with Crippen molar-refractivity contribution < 1.29 is 5.11 Å². The Morgan fingerprint density at radius 3 is 2.43 bits per heavy atom. The lowest BCUT2D eigenvalue weighted by atomic mass is 10.7. The standard InChI is InChI=1S/C3H6N2OS/c1-3(5,6)7-2-4/h6H,5H2,1H3. The summed E-state index contributed by atoms with van der Waals surface area (Å²) in [6.07, 6.45) is 0. The van der Waals surface area contributed by atoms with E-state index in [0.717, 1.165) is 0 Å². The van der Waals surface area contributed by atoms with Crippen molar-refractivity contribution in [3.05, 3.63) is 0 Å². The van der Waals surface area contributed by atoms with Crippen LogP contribution in [0.25, 0.3) is 0 Å². The van der Waals surface area contributed by atoms with E-state index >= 15 is 0 Å². The van der Waals surface area contributed by atoms with E-state index in [0.29, 0.717) is 11.8 Å². The van der Waals surface area contributed by atoms with Gasteiger partial charge in [-0.1, -0.05) is 0 Å². The first-order valence-electron chi connectivity index (χ1n) is 1.64. The number of nitriles is 1. The first-order valence-corrected chi connectivity index (χ1v) is 2.46. The van der Waals surface area contributed by atoms with Crippen molar-refractivity contribution in [2.45, 2.75) is 12.0 Å². The van der Waals surface area contributed by atoms with Crippen LogP contribution in [-0.4, -0.2) is 10.2 Å². The molecule has 0 amide bonds. The number of thiocyanates is 1. The largest absolute Gasteiger partial charge is 0.366 e. The molecule has 1 unspecified atom stereocenters. The van der Waals surface area contributed by atoms with Gasteiger partial charge in [-0.05, 0) is 6.92 Å². The lowest BCUT2D eigenvalue weighted by Crippen LogP contribution is -2.30. The maximum Gasteiger partial charge on any atom is 0.172 e. The average molecular weight is 118 g/mol. The average Bonchev–Trinajstić information content (AvgIpc) is 1.30. The van der Waals surface area contributed by atoms with E-state index in [-0.39, 0.29) is 0 Å². The third kappa shape index (κ3) is 5.76. The van der Waals surface area contributed by atoms with Gasteiger partial charge in [0.1, 0.15) is 5.40 Å². The van der Waals surface area contributed by atoms with Crippen molar-refractivity contribution in [2.75, 3.05) is 0 Å². The van der Waals surface area contributed by atoms with Crippen LogP contribution in [0, 0.1) is 10.7 Å². The molecule has 3 N–H and O–H groups in total. The molecule has 0 aromatic rings. The lowest BCUT2D eigenvalue weighted by molar-refractivity contribution is 0.167. The highest BCUT2D eigenvalue weighted by Gasteiger charge is 2.11. The Morgan fingerprint density at radius 2 is 2.43 bits per heavy atom. The third-order valence-corrected chi connectivity index (χ3v) is 0.757. The summed E-state index contributed by atoms with van der Waals surface area (Å²) < 4.78 is 0. The summed E-state index contributed by atoms with van der Waals surface area (Å²) in [5.41, 5.74) is 4.94. The van der Waals surface area contributed by atoms with Crippen molar-refractivity contribution in [1.29, 1.82) is 5.26 Å². The summed E-state index contributed by atoms with van der Waals surface area (Å²) in [7, 11) is 0. The fraction of sp³-hybridized carbons (Fsp3) is 0.667. The topological polar surface area (TPSA) is 70.0 Å². The number of rotatable bonds is 1. The second-order valence-electron chi connectivity index (χ2n) is 1.25. The van der Waals surface area contributed by atoms with E-state index in [4.69, 9.17) is 16.1 Å². The fourth-order valence-corrected chi connectivity index (χ4v) is 0.277. The molecule has 3 nitrogen and oxygen atoms in total. The highest BCUT2D eigenvalue weighted by molar-refractivity contribution is 8.04. The second-order valence-corrected chi connectivity index (χ2v) is 2.46. The van der Waals surface area contributed by atoms with Crippen LogP contribution in [0.2, 0.25) is 0 Å². The molecule has 40 valence electrons. The molecule has 0 radical (unpaired) electrons. The van der Waals surface area contributed by atoms with E-state index in [1.54, 1.807) is 5.40 Å². The number of nitrogens with zero attached hydrogens (tertiary/aromatic N) is 1. The molecular weight excluding hydrogens is 112 g/mol. The van der Waals surface area contributed by atoms with Crippen molar-refractivity contribution >= 4 is 11.8 Å². The summed E-state index contributed by atoms with van der Waals surface area (Å²) in [6.45, 7) is 1.35. The quantitative estimate of drug-likeness (QED) is 0.370. The van der Waals surface area contributed by atoms with Crippen molar-refractivity contribution in [3.63, 3.8) is 0 Å². The summed E-state index contributed by atoms with van der Waals surface area (Å²) in [4.78, 5) is 0. The zero-order valence-corrected chi connectivity index (χ0v) is 4.70. The van der Waals surface area contributed by atoms with Gasteiger partial charge in [0.25, 0.3) is 0 Å². The van der Waals surface area contributed by atoms with E-state index in [1.165, 1.54) is 6.92 Å². The lowest BCUT2D eigenvalue weighted by Gasteiger charge is -2.08. The first kappa shape index (κ1) is 6.76. The van der Waals surface area contributed by atoms with E-state index in [1.807, 2.05) is 0 Å². The number of nitrogens with two attached hydrogens (primary N) is 1. The van der Waals surface area contributed by atoms with Gasteiger partial charge in [0.15, 0.2) is 5.06 Å². The van der Waals surface area contributed by atoms with Gasteiger partial charge in [-0.25, -0.2) is 0 Å². The highest BCUT2D eigenvalue weighted by atomic mass is 32.2. The number of hydrogen-bond donors (Lipinski definition) is 2. The second kappa shape index (κ2) is 2.17. The predicted molar refractivity (Wildman–Crippen MR) is 28.0 cm³/mol. The van der Waals surface area contributed by atoms with Crippen molar-refractivity contribution in [1.82, 2.24) is 0 Å². The van der Waals surface area contributed by atoms with E-state index in [9.17, 15) is 0 Å². The predicted octanol–water partition coefficient (Wildman–Crippen LogP) is -0.175. The van der Waals surface area contributed by atoms with Crippen LogP contribution < -0.4 is 5.73 Å².